The molecule has 0 unspecified atom stereocenters. The summed E-state index contributed by atoms with van der Waals surface area (Å²) in [7, 11) is 1.49. The second-order valence-corrected chi connectivity index (χ2v) is 6.09. The highest BCUT2D eigenvalue weighted by molar-refractivity contribution is 5.76. The van der Waals surface area contributed by atoms with Crippen molar-refractivity contribution in [3.05, 3.63) is 41.7 Å². The maximum absolute atomic E-state index is 13.8. The van der Waals surface area contributed by atoms with Crippen molar-refractivity contribution in [3.8, 4) is 5.88 Å². The van der Waals surface area contributed by atoms with Crippen LogP contribution in [0.15, 0.2) is 28.9 Å². The molecule has 1 N–H and O–H groups in total. The minimum Gasteiger partial charge on any atom is -0.479 e. The van der Waals surface area contributed by atoms with Crippen molar-refractivity contribution in [2.24, 2.45) is 0 Å². The lowest BCUT2D eigenvalue weighted by molar-refractivity contribution is -0.135. The number of aryl methyl sites for hydroxylation is 1. The number of nitrogens with zero attached hydrogens (tertiary/aromatic N) is 3. The number of hydrogen-bond acceptors (Lipinski definition) is 6. The van der Waals surface area contributed by atoms with Crippen LogP contribution in [-0.4, -0.2) is 46.3 Å². The van der Waals surface area contributed by atoms with Gasteiger partial charge in [-0.3, -0.25) is 4.79 Å². The minimum atomic E-state index is -1.28. The molecule has 8 heteroatoms. The third-order valence-corrected chi connectivity index (χ3v) is 4.54. The molecule has 0 aliphatic carbocycles. The number of pyridine rings is 1. The fraction of sp³-hybridized carbons (Fsp3) is 0.471. The number of amides is 1. The van der Waals surface area contributed by atoms with Gasteiger partial charge in [0.15, 0.2) is 0 Å². The zero-order valence-electron chi connectivity index (χ0n) is 13.9. The van der Waals surface area contributed by atoms with Crippen LogP contribution in [0, 0.1) is 5.95 Å². The number of carbonyl (C=O) groups is 1. The molecule has 1 saturated heterocycles. The lowest BCUT2D eigenvalue weighted by atomic mass is 9.85. The summed E-state index contributed by atoms with van der Waals surface area (Å²) in [5.41, 5.74) is -1.09. The molecule has 0 saturated carbocycles. The number of likely N-dealkylation sites (tertiary alicyclic amines) is 1. The van der Waals surface area contributed by atoms with Gasteiger partial charge >= 0.3 is 0 Å². The number of ether oxygens (including phenoxy) is 1. The molecule has 3 rings (SSSR count). The largest absolute Gasteiger partial charge is 0.479 e. The molecule has 134 valence electrons. The van der Waals surface area contributed by atoms with Gasteiger partial charge in [-0.15, -0.1) is 0 Å². The normalized spacial score (nSPS) is 16.7. The van der Waals surface area contributed by atoms with Gasteiger partial charge in [0.05, 0.1) is 12.7 Å². The summed E-state index contributed by atoms with van der Waals surface area (Å²) in [6, 6.07) is 4.78. The topological polar surface area (TPSA) is 88.7 Å². The molecule has 1 aliphatic rings. The van der Waals surface area contributed by atoms with Crippen LogP contribution in [0.4, 0.5) is 4.39 Å². The Morgan fingerprint density at radius 1 is 1.48 bits per heavy atom. The van der Waals surface area contributed by atoms with E-state index in [1.54, 1.807) is 17.0 Å². The number of rotatable bonds is 5. The van der Waals surface area contributed by atoms with Gasteiger partial charge in [-0.2, -0.15) is 4.39 Å². The molecule has 2 aromatic rings. The fourth-order valence-corrected chi connectivity index (χ4v) is 3.02. The number of methoxy groups -OCH3 is 1. The Kier molecular flexibility index (Phi) is 4.98. The number of hydrogen-bond donors (Lipinski definition) is 1. The highest BCUT2D eigenvalue weighted by atomic mass is 19.1. The molecular weight excluding hydrogens is 329 g/mol. The van der Waals surface area contributed by atoms with Gasteiger partial charge < -0.3 is 19.3 Å². The van der Waals surface area contributed by atoms with E-state index in [1.165, 1.54) is 19.4 Å². The smallest absolute Gasteiger partial charge is 0.254 e. The minimum absolute atomic E-state index is 0.0379. The number of halogens is 1. The predicted octanol–water partition coefficient (Wildman–Crippen LogP) is 1.66. The number of piperidine rings is 1. The van der Waals surface area contributed by atoms with E-state index < -0.39 is 11.5 Å². The highest BCUT2D eigenvalue weighted by Crippen LogP contribution is 2.33. The maximum atomic E-state index is 13.8. The number of aliphatic hydroxyl groups is 1. The SMILES string of the molecule is COc1cc(CCC(=O)N2CCC(O)(c3cccnc3F)CC2)on1. The summed E-state index contributed by atoms with van der Waals surface area (Å²) in [6.45, 7) is 0.729. The van der Waals surface area contributed by atoms with Gasteiger partial charge in [-0.1, -0.05) is 6.07 Å². The van der Waals surface area contributed by atoms with Crippen molar-refractivity contribution in [1.82, 2.24) is 15.0 Å². The summed E-state index contributed by atoms with van der Waals surface area (Å²) in [5, 5.41) is 14.4. The van der Waals surface area contributed by atoms with E-state index in [4.69, 9.17) is 9.26 Å². The van der Waals surface area contributed by atoms with Crippen molar-refractivity contribution in [2.75, 3.05) is 20.2 Å². The van der Waals surface area contributed by atoms with E-state index in [9.17, 15) is 14.3 Å². The van der Waals surface area contributed by atoms with Crippen LogP contribution in [0.2, 0.25) is 0 Å². The zero-order chi connectivity index (χ0) is 17.9. The maximum Gasteiger partial charge on any atom is 0.254 e. The van der Waals surface area contributed by atoms with Gasteiger partial charge in [0.25, 0.3) is 5.88 Å². The second-order valence-electron chi connectivity index (χ2n) is 6.09. The monoisotopic (exact) mass is 349 g/mol. The van der Waals surface area contributed by atoms with Crippen LogP contribution < -0.4 is 4.74 Å². The van der Waals surface area contributed by atoms with Crippen molar-refractivity contribution in [3.63, 3.8) is 0 Å². The van der Waals surface area contributed by atoms with E-state index in [2.05, 4.69) is 10.1 Å². The van der Waals surface area contributed by atoms with E-state index >= 15 is 0 Å². The van der Waals surface area contributed by atoms with E-state index in [0.717, 1.165) is 0 Å². The first-order valence-electron chi connectivity index (χ1n) is 8.12. The highest BCUT2D eigenvalue weighted by Gasteiger charge is 2.37. The fourth-order valence-electron chi connectivity index (χ4n) is 3.02. The summed E-state index contributed by atoms with van der Waals surface area (Å²) >= 11 is 0. The molecule has 3 heterocycles. The summed E-state index contributed by atoms with van der Waals surface area (Å²) < 4.78 is 23.8. The molecule has 0 spiro atoms. The molecule has 0 atom stereocenters. The average Bonchev–Trinajstić information content (AvgIpc) is 3.09. The van der Waals surface area contributed by atoms with Crippen LogP contribution in [0.3, 0.4) is 0 Å². The predicted molar refractivity (Wildman–Crippen MR) is 85.3 cm³/mol. The third-order valence-electron chi connectivity index (χ3n) is 4.54. The van der Waals surface area contributed by atoms with Crippen LogP contribution in [-0.2, 0) is 16.8 Å². The number of carbonyl (C=O) groups excluding carboxylic acids is 1. The average molecular weight is 349 g/mol. The molecule has 1 fully saturated rings. The molecule has 25 heavy (non-hydrogen) atoms. The second kappa shape index (κ2) is 7.18. The van der Waals surface area contributed by atoms with Crippen molar-refractivity contribution < 1.29 is 23.6 Å². The van der Waals surface area contributed by atoms with Crippen LogP contribution >= 0.6 is 0 Å². The van der Waals surface area contributed by atoms with Crippen molar-refractivity contribution >= 4 is 5.91 Å². The lowest BCUT2D eigenvalue weighted by Gasteiger charge is -2.38. The summed E-state index contributed by atoms with van der Waals surface area (Å²) in [4.78, 5) is 17.6. The lowest BCUT2D eigenvalue weighted by Crippen LogP contribution is -2.45. The Bertz CT molecular complexity index is 741. The molecule has 2 aromatic heterocycles. The molecule has 1 aliphatic heterocycles. The summed E-state index contributed by atoms with van der Waals surface area (Å²) in [5.74, 6) is 0.258. The van der Waals surface area contributed by atoms with Gasteiger partial charge in [0.2, 0.25) is 11.9 Å². The van der Waals surface area contributed by atoms with Gasteiger partial charge in [0, 0.05) is 43.8 Å². The molecular formula is C17H20FN3O4. The molecule has 0 aromatic carbocycles. The van der Waals surface area contributed by atoms with E-state index in [0.29, 0.717) is 31.2 Å². The molecule has 0 radical (unpaired) electrons. The quantitative estimate of drug-likeness (QED) is 0.826. The molecule has 7 nitrogen and oxygen atoms in total. The first-order chi connectivity index (χ1) is 12.0. The molecule has 0 bridgehead atoms. The van der Waals surface area contributed by atoms with Crippen molar-refractivity contribution in [2.45, 2.75) is 31.3 Å². The summed E-state index contributed by atoms with van der Waals surface area (Å²) in [6.07, 6.45) is 2.60. The Labute approximate surface area is 144 Å². The van der Waals surface area contributed by atoms with Crippen molar-refractivity contribution in [1.29, 1.82) is 0 Å². The zero-order valence-corrected chi connectivity index (χ0v) is 13.9. The first kappa shape index (κ1) is 17.3. The Morgan fingerprint density at radius 2 is 2.24 bits per heavy atom. The third kappa shape index (κ3) is 3.79. The van der Waals surface area contributed by atoms with Crippen LogP contribution in [0.25, 0.3) is 0 Å². The Balaban J connectivity index is 1.54. The van der Waals surface area contributed by atoms with Gasteiger partial charge in [0.1, 0.15) is 5.76 Å². The Morgan fingerprint density at radius 3 is 2.88 bits per heavy atom. The first-order valence-corrected chi connectivity index (χ1v) is 8.12. The van der Waals surface area contributed by atoms with Crippen LogP contribution in [0.1, 0.15) is 30.6 Å². The molecule has 1 amide bonds. The Hall–Kier alpha value is -2.48. The number of aromatic nitrogens is 2. The van der Waals surface area contributed by atoms with Gasteiger partial charge in [-0.25, -0.2) is 4.98 Å². The van der Waals surface area contributed by atoms with E-state index in [1.807, 2.05) is 0 Å². The standard InChI is InChI=1S/C17H20FN3O4/c1-24-14-11-12(25-20-14)4-5-15(22)21-9-6-17(23,7-10-21)13-3-2-8-19-16(13)18/h2-3,8,11,23H,4-7,9-10H2,1H3. The van der Waals surface area contributed by atoms with E-state index in [-0.39, 0.29) is 30.7 Å². The van der Waals surface area contributed by atoms with Crippen LogP contribution in [0.5, 0.6) is 5.88 Å². The van der Waals surface area contributed by atoms with Gasteiger partial charge in [-0.05, 0) is 24.1 Å².